The number of fused-ring (bicyclic) bond motifs is 1. The van der Waals surface area contributed by atoms with Crippen molar-refractivity contribution in [2.75, 3.05) is 38.7 Å². The number of benzene rings is 2. The van der Waals surface area contributed by atoms with E-state index >= 15 is 0 Å². The van der Waals surface area contributed by atoms with Crippen LogP contribution in [-0.2, 0) is 0 Å². The number of ether oxygens (including phenoxy) is 1. The lowest BCUT2D eigenvalue weighted by molar-refractivity contribution is -0.0585. The van der Waals surface area contributed by atoms with Crippen LogP contribution in [0.4, 0.5) is 10.5 Å². The molecule has 6 nitrogen and oxygen atoms in total. The quantitative estimate of drug-likeness (QED) is 0.681. The molecule has 2 amide bonds. The molecule has 0 radical (unpaired) electrons. The number of aliphatic hydroxyl groups excluding tert-OH is 1. The first-order chi connectivity index (χ1) is 16.7. The molecule has 0 spiro atoms. The van der Waals surface area contributed by atoms with Gasteiger partial charge in [-0.05, 0) is 62.1 Å². The number of carbonyl (C=O) groups is 1. The highest BCUT2D eigenvalue weighted by Crippen LogP contribution is 2.42. The second-order valence-electron chi connectivity index (χ2n) is 9.53. The summed E-state index contributed by atoms with van der Waals surface area (Å²) in [7, 11) is 1.61. The SMILES string of the molecule is COc1ccccc1NC(=O)N1CCCCN2[C@H](C1)[C@H](c1ccc(C#CC3CC3)cc1)[C@@H]2CO. The van der Waals surface area contributed by atoms with E-state index < -0.39 is 0 Å². The molecule has 2 aliphatic heterocycles. The standard InChI is InChI=1S/C28H33N3O3/c1-34-26-7-3-2-6-23(26)29-28(33)30-16-4-5-17-31-24(18-30)27(25(31)19-32)22-14-12-21(13-15-22)11-10-20-8-9-20/h2-3,6-7,12-15,20,24-25,27,32H,4-5,8-9,16-19H2,1H3,(H,29,33)/t24-,25+,27+/m1/s1. The van der Waals surface area contributed by atoms with Gasteiger partial charge >= 0.3 is 6.03 Å². The van der Waals surface area contributed by atoms with E-state index in [1.165, 1.54) is 18.4 Å². The Morgan fingerprint density at radius 3 is 2.62 bits per heavy atom. The van der Waals surface area contributed by atoms with E-state index in [0.29, 0.717) is 23.9 Å². The van der Waals surface area contributed by atoms with Gasteiger partial charge in [-0.3, -0.25) is 4.90 Å². The smallest absolute Gasteiger partial charge is 0.322 e. The predicted octanol–water partition coefficient (Wildman–Crippen LogP) is 3.91. The van der Waals surface area contributed by atoms with Crippen LogP contribution < -0.4 is 10.1 Å². The molecule has 2 aromatic rings. The number of hydrogen-bond donors (Lipinski definition) is 2. The fraction of sp³-hybridized carbons (Fsp3) is 0.464. The number of methoxy groups -OCH3 is 1. The van der Waals surface area contributed by atoms with Crippen LogP contribution in [0.1, 0.15) is 42.7 Å². The van der Waals surface area contributed by atoms with Crippen LogP contribution >= 0.6 is 0 Å². The summed E-state index contributed by atoms with van der Waals surface area (Å²) in [5.41, 5.74) is 2.93. The summed E-state index contributed by atoms with van der Waals surface area (Å²) < 4.78 is 5.40. The lowest BCUT2D eigenvalue weighted by Crippen LogP contribution is -2.68. The molecule has 0 aromatic heterocycles. The normalized spacial score (nSPS) is 24.5. The minimum absolute atomic E-state index is 0.0885. The maximum absolute atomic E-state index is 13.2. The lowest BCUT2D eigenvalue weighted by Gasteiger charge is -2.57. The van der Waals surface area contributed by atoms with E-state index in [1.807, 2.05) is 29.2 Å². The second-order valence-corrected chi connectivity index (χ2v) is 9.53. The molecule has 0 unspecified atom stereocenters. The third-order valence-corrected chi connectivity index (χ3v) is 7.30. The summed E-state index contributed by atoms with van der Waals surface area (Å²) in [6, 6.07) is 16.1. The molecule has 1 saturated carbocycles. The molecule has 2 heterocycles. The number of amides is 2. The van der Waals surface area contributed by atoms with E-state index in [2.05, 4.69) is 46.3 Å². The van der Waals surface area contributed by atoms with Crippen molar-refractivity contribution in [2.45, 2.75) is 43.7 Å². The number of para-hydroxylation sites is 2. The average molecular weight is 460 g/mol. The lowest BCUT2D eigenvalue weighted by atomic mass is 9.74. The molecule has 3 atom stereocenters. The molecule has 6 heteroatoms. The zero-order valence-electron chi connectivity index (χ0n) is 19.7. The summed E-state index contributed by atoms with van der Waals surface area (Å²) >= 11 is 0. The Labute approximate surface area is 201 Å². The van der Waals surface area contributed by atoms with Crippen LogP contribution in [0.3, 0.4) is 0 Å². The Bertz CT molecular complexity index is 1070. The highest BCUT2D eigenvalue weighted by atomic mass is 16.5. The van der Waals surface area contributed by atoms with Crippen LogP contribution in [-0.4, -0.2) is 66.4 Å². The van der Waals surface area contributed by atoms with Crippen molar-refractivity contribution in [1.82, 2.24) is 9.80 Å². The van der Waals surface area contributed by atoms with Gasteiger partial charge in [-0.2, -0.15) is 0 Å². The first-order valence-electron chi connectivity index (χ1n) is 12.3. The molecule has 2 aromatic carbocycles. The van der Waals surface area contributed by atoms with Crippen LogP contribution in [0.5, 0.6) is 5.75 Å². The monoisotopic (exact) mass is 459 g/mol. The molecule has 2 saturated heterocycles. The van der Waals surface area contributed by atoms with Crippen molar-refractivity contribution in [3.63, 3.8) is 0 Å². The zero-order valence-corrected chi connectivity index (χ0v) is 19.7. The summed E-state index contributed by atoms with van der Waals surface area (Å²) in [5, 5.41) is 13.2. The Kier molecular flexibility index (Phi) is 6.75. The Balaban J connectivity index is 1.32. The molecule has 5 rings (SSSR count). The fourth-order valence-electron chi connectivity index (χ4n) is 5.27. The molecule has 34 heavy (non-hydrogen) atoms. The van der Waals surface area contributed by atoms with Crippen molar-refractivity contribution < 1.29 is 14.6 Å². The van der Waals surface area contributed by atoms with Gasteiger partial charge in [0, 0.05) is 42.6 Å². The number of nitrogens with zero attached hydrogens (tertiary/aromatic N) is 2. The average Bonchev–Trinajstić information content (AvgIpc) is 3.67. The van der Waals surface area contributed by atoms with Gasteiger partial charge in [-0.25, -0.2) is 4.79 Å². The fourth-order valence-corrected chi connectivity index (χ4v) is 5.27. The summed E-state index contributed by atoms with van der Waals surface area (Å²) in [5.74, 6) is 8.02. The zero-order chi connectivity index (χ0) is 23.5. The van der Waals surface area contributed by atoms with Crippen LogP contribution in [0.2, 0.25) is 0 Å². The second kappa shape index (κ2) is 10.1. The van der Waals surface area contributed by atoms with Gasteiger partial charge in [0.25, 0.3) is 0 Å². The maximum atomic E-state index is 13.2. The van der Waals surface area contributed by atoms with Crippen molar-refractivity contribution in [2.24, 2.45) is 5.92 Å². The largest absolute Gasteiger partial charge is 0.495 e. The summed E-state index contributed by atoms with van der Waals surface area (Å²) in [6.07, 6.45) is 4.40. The van der Waals surface area contributed by atoms with Gasteiger partial charge in [-0.1, -0.05) is 36.1 Å². The number of rotatable bonds is 4. The highest BCUT2D eigenvalue weighted by Gasteiger charge is 2.49. The van der Waals surface area contributed by atoms with Crippen LogP contribution in [0.15, 0.2) is 48.5 Å². The van der Waals surface area contributed by atoms with Gasteiger partial charge in [0.15, 0.2) is 0 Å². The molecule has 0 bridgehead atoms. The van der Waals surface area contributed by atoms with E-state index in [4.69, 9.17) is 4.74 Å². The highest BCUT2D eigenvalue weighted by molar-refractivity contribution is 5.91. The molecule has 3 aliphatic rings. The third-order valence-electron chi connectivity index (χ3n) is 7.30. The van der Waals surface area contributed by atoms with Crippen LogP contribution in [0.25, 0.3) is 0 Å². The number of urea groups is 1. The predicted molar refractivity (Wildman–Crippen MR) is 133 cm³/mol. The molecular weight excluding hydrogens is 426 g/mol. The molecule has 2 N–H and O–H groups in total. The van der Waals surface area contributed by atoms with Gasteiger partial charge < -0.3 is 20.1 Å². The van der Waals surface area contributed by atoms with Gasteiger partial charge in [0.2, 0.25) is 0 Å². The third kappa shape index (κ3) is 4.77. The van der Waals surface area contributed by atoms with Crippen molar-refractivity contribution >= 4 is 11.7 Å². The van der Waals surface area contributed by atoms with E-state index in [0.717, 1.165) is 31.5 Å². The Hall–Kier alpha value is -3.01. The van der Waals surface area contributed by atoms with Crippen LogP contribution in [0, 0.1) is 17.8 Å². The minimum Gasteiger partial charge on any atom is -0.495 e. The van der Waals surface area contributed by atoms with Gasteiger partial charge in [0.05, 0.1) is 19.4 Å². The Morgan fingerprint density at radius 2 is 1.88 bits per heavy atom. The number of hydrogen-bond acceptors (Lipinski definition) is 4. The Morgan fingerprint density at radius 1 is 1.12 bits per heavy atom. The molecular formula is C28H33N3O3. The number of aliphatic hydroxyl groups is 1. The maximum Gasteiger partial charge on any atom is 0.322 e. The number of nitrogens with one attached hydrogen (secondary N) is 1. The minimum atomic E-state index is -0.108. The number of carbonyl (C=O) groups excluding carboxylic acids is 1. The number of anilines is 1. The van der Waals surface area contributed by atoms with Crippen molar-refractivity contribution in [1.29, 1.82) is 0 Å². The van der Waals surface area contributed by atoms with Gasteiger partial charge in [0.1, 0.15) is 5.75 Å². The molecule has 178 valence electrons. The first kappa shape index (κ1) is 22.8. The topological polar surface area (TPSA) is 65.0 Å². The summed E-state index contributed by atoms with van der Waals surface area (Å²) in [4.78, 5) is 17.5. The van der Waals surface area contributed by atoms with Crippen molar-refractivity contribution in [3.05, 3.63) is 59.7 Å². The van der Waals surface area contributed by atoms with E-state index in [-0.39, 0.29) is 30.6 Å². The van der Waals surface area contributed by atoms with E-state index in [1.54, 1.807) is 7.11 Å². The summed E-state index contributed by atoms with van der Waals surface area (Å²) in [6.45, 7) is 2.43. The first-order valence-corrected chi connectivity index (χ1v) is 12.3. The van der Waals surface area contributed by atoms with Crippen molar-refractivity contribution in [3.8, 4) is 17.6 Å². The molecule has 1 aliphatic carbocycles. The molecule has 3 fully saturated rings. The van der Waals surface area contributed by atoms with Gasteiger partial charge in [-0.15, -0.1) is 0 Å². The van der Waals surface area contributed by atoms with E-state index in [9.17, 15) is 9.90 Å².